The molecule has 77 heavy (non-hydrogen) atoms. The molecule has 1 aliphatic rings. The van der Waals surface area contributed by atoms with Gasteiger partial charge in [-0.15, -0.1) is 0 Å². The first kappa shape index (κ1) is 69.0. The highest BCUT2D eigenvalue weighted by atomic mass is 16.6. The molecule has 1 unspecified atom stereocenters. The van der Waals surface area contributed by atoms with E-state index in [1.807, 2.05) is 0 Å². The smallest absolute Gasteiger partial charge is 0.341 e. The summed E-state index contributed by atoms with van der Waals surface area (Å²) >= 11 is 0. The normalized spacial score (nSPS) is 12.8. The van der Waals surface area contributed by atoms with Crippen LogP contribution in [0.3, 0.4) is 0 Å². The molecule has 0 saturated heterocycles. The molecular formula is C52H86N2O23. The Balaban J connectivity index is 1.40. The lowest BCUT2D eigenvalue weighted by atomic mass is 9.99. The number of rotatable bonds is 59. The number of carbonyl (C=O) groups excluding carboxylic acids is 4. The van der Waals surface area contributed by atoms with Gasteiger partial charge in [0.25, 0.3) is 11.8 Å². The maximum Gasteiger partial charge on any atom is 0.341 e. The van der Waals surface area contributed by atoms with Crippen molar-refractivity contribution in [1.29, 1.82) is 0 Å². The maximum atomic E-state index is 13.3. The van der Waals surface area contributed by atoms with E-state index in [1.165, 1.54) is 12.2 Å². The van der Waals surface area contributed by atoms with Crippen LogP contribution in [0.2, 0.25) is 0 Å². The minimum absolute atomic E-state index is 0.0299. The summed E-state index contributed by atoms with van der Waals surface area (Å²) in [7, 11) is 1.64. The minimum atomic E-state index is -1.10. The van der Waals surface area contributed by atoms with Crippen LogP contribution in [0.15, 0.2) is 36.4 Å². The number of imide groups is 1. The third-order valence-electron chi connectivity index (χ3n) is 10.3. The van der Waals surface area contributed by atoms with Gasteiger partial charge in [0.05, 0.1) is 211 Å². The first-order chi connectivity index (χ1) is 37.8. The van der Waals surface area contributed by atoms with E-state index < -0.39 is 18.6 Å². The summed E-state index contributed by atoms with van der Waals surface area (Å²) in [6.45, 7) is 12.4. The zero-order valence-electron chi connectivity index (χ0n) is 45.1. The molecule has 0 bridgehead atoms. The molecule has 0 fully saturated rings. The number of ether oxygens (including phenoxy) is 17. The Hall–Kier alpha value is -4.13. The summed E-state index contributed by atoms with van der Waals surface area (Å²) in [5.74, 6) is -1.94. The van der Waals surface area contributed by atoms with Crippen LogP contribution in [0.4, 0.5) is 0 Å². The molecule has 1 aromatic rings. The standard InChI is InChI=1S/C52H86N2O23/c1-61-15-16-65-23-24-69-29-30-71-33-34-73-37-38-75-41-42-76-40-39-74-36-35-72-32-31-70-28-25-66-20-17-62-12-2-3-48(55)47(43-45-4-6-46(7-5-45)77-44-52(59)60)53-49(56)10-13-63-18-21-67-26-27-68-22-19-64-14-11-54-50(57)8-9-51(54)58/h4-9,47H,2-3,10-44H2,1H3,(H,53,56)(H,59,60). The predicted octanol–water partition coefficient (Wildman–Crippen LogP) is 0.737. The van der Waals surface area contributed by atoms with Gasteiger partial charge in [-0.25, -0.2) is 4.79 Å². The third-order valence-corrected chi connectivity index (χ3v) is 10.3. The summed E-state index contributed by atoms with van der Waals surface area (Å²) < 4.78 is 92.4. The monoisotopic (exact) mass is 1110 g/mol. The number of benzene rings is 1. The first-order valence-electron chi connectivity index (χ1n) is 26.2. The van der Waals surface area contributed by atoms with Crippen LogP contribution in [0.1, 0.15) is 24.8 Å². The predicted molar refractivity (Wildman–Crippen MR) is 274 cm³/mol. The van der Waals surface area contributed by atoms with Gasteiger partial charge in [-0.05, 0) is 30.5 Å². The van der Waals surface area contributed by atoms with Crippen molar-refractivity contribution in [1.82, 2.24) is 10.2 Å². The number of nitrogens with zero attached hydrogens (tertiary/aromatic N) is 1. The molecule has 442 valence electrons. The molecule has 25 heteroatoms. The van der Waals surface area contributed by atoms with E-state index in [1.54, 1.807) is 31.4 Å². The zero-order chi connectivity index (χ0) is 55.3. The van der Waals surface area contributed by atoms with Crippen LogP contribution in [-0.4, -0.2) is 271 Å². The zero-order valence-corrected chi connectivity index (χ0v) is 45.1. The number of methoxy groups -OCH3 is 1. The van der Waals surface area contributed by atoms with E-state index in [-0.39, 0.29) is 69.1 Å². The van der Waals surface area contributed by atoms with Crippen LogP contribution >= 0.6 is 0 Å². The van der Waals surface area contributed by atoms with Gasteiger partial charge in [0.1, 0.15) is 5.75 Å². The first-order valence-corrected chi connectivity index (χ1v) is 26.2. The van der Waals surface area contributed by atoms with Crippen molar-refractivity contribution < 1.29 is 110 Å². The Bertz CT molecular complexity index is 1620. The molecule has 1 aromatic carbocycles. The minimum Gasteiger partial charge on any atom is -0.482 e. The summed E-state index contributed by atoms with van der Waals surface area (Å²) in [6, 6.07) is 5.86. The highest BCUT2D eigenvalue weighted by Gasteiger charge is 2.23. The summed E-state index contributed by atoms with van der Waals surface area (Å²) in [5, 5.41) is 11.7. The quantitative estimate of drug-likeness (QED) is 0.0672. The Morgan fingerprint density at radius 1 is 0.455 bits per heavy atom. The number of aliphatic carboxylic acids is 1. The molecule has 3 amide bonds. The molecule has 2 N–H and O–H groups in total. The third kappa shape index (κ3) is 42.5. The molecule has 0 spiro atoms. The number of hydrogen-bond donors (Lipinski definition) is 2. The molecule has 0 saturated carbocycles. The van der Waals surface area contributed by atoms with Crippen LogP contribution in [-0.2, 0) is 106 Å². The van der Waals surface area contributed by atoms with Gasteiger partial charge in [0.15, 0.2) is 12.4 Å². The van der Waals surface area contributed by atoms with Gasteiger partial charge >= 0.3 is 5.97 Å². The Kier molecular flexibility index (Phi) is 46.0. The van der Waals surface area contributed by atoms with Gasteiger partial charge in [-0.1, -0.05) is 12.1 Å². The lowest BCUT2D eigenvalue weighted by Gasteiger charge is -2.18. The molecule has 0 aliphatic carbocycles. The van der Waals surface area contributed by atoms with E-state index in [2.05, 4.69) is 5.32 Å². The fourth-order valence-corrected chi connectivity index (χ4v) is 6.31. The fourth-order valence-electron chi connectivity index (χ4n) is 6.31. The van der Waals surface area contributed by atoms with Gasteiger partial charge in [-0.2, -0.15) is 0 Å². The molecule has 0 radical (unpaired) electrons. The number of carboxylic acids is 1. The topological polar surface area (TPSA) is 278 Å². The number of carbonyl (C=O) groups is 5. The van der Waals surface area contributed by atoms with Gasteiger partial charge in [-0.3, -0.25) is 24.1 Å². The number of ketones is 1. The Morgan fingerprint density at radius 3 is 1.16 bits per heavy atom. The van der Waals surface area contributed by atoms with Crippen molar-refractivity contribution in [3.8, 4) is 5.75 Å². The number of amides is 3. The van der Waals surface area contributed by atoms with E-state index in [0.717, 1.165) is 10.5 Å². The number of Topliss-reactive ketones (excluding diaryl/α,β-unsaturated/α-hetero) is 1. The van der Waals surface area contributed by atoms with E-state index in [4.69, 9.17) is 85.6 Å². The molecule has 25 nitrogen and oxygen atoms in total. The van der Waals surface area contributed by atoms with Crippen molar-refractivity contribution >= 4 is 29.5 Å². The molecule has 0 aromatic heterocycles. The second kappa shape index (κ2) is 51.3. The molecular weight excluding hydrogens is 1020 g/mol. The lowest BCUT2D eigenvalue weighted by Crippen LogP contribution is -2.42. The average Bonchev–Trinajstić information content (AvgIpc) is 3.75. The highest BCUT2D eigenvalue weighted by Crippen LogP contribution is 2.15. The Labute approximate surface area is 452 Å². The largest absolute Gasteiger partial charge is 0.482 e. The highest BCUT2D eigenvalue weighted by molar-refractivity contribution is 6.12. The van der Waals surface area contributed by atoms with Gasteiger partial charge in [0.2, 0.25) is 5.91 Å². The van der Waals surface area contributed by atoms with Crippen molar-refractivity contribution in [2.24, 2.45) is 0 Å². The number of carboxylic acid groups (broad SMARTS) is 1. The number of nitrogens with one attached hydrogen (secondary N) is 1. The summed E-state index contributed by atoms with van der Waals surface area (Å²) in [4.78, 5) is 61.3. The van der Waals surface area contributed by atoms with E-state index in [9.17, 15) is 24.0 Å². The van der Waals surface area contributed by atoms with Crippen LogP contribution in [0.5, 0.6) is 5.75 Å². The second-order valence-electron chi connectivity index (χ2n) is 16.3. The summed E-state index contributed by atoms with van der Waals surface area (Å²) in [5.41, 5.74) is 0.751. The summed E-state index contributed by atoms with van der Waals surface area (Å²) in [6.07, 6.45) is 3.32. The van der Waals surface area contributed by atoms with Crippen LogP contribution in [0.25, 0.3) is 0 Å². The van der Waals surface area contributed by atoms with Crippen molar-refractivity contribution in [3.63, 3.8) is 0 Å². The Morgan fingerprint density at radius 2 is 0.792 bits per heavy atom. The molecule has 1 atom stereocenters. The van der Waals surface area contributed by atoms with Gasteiger partial charge < -0.3 is 90.9 Å². The maximum absolute atomic E-state index is 13.3. The average molecular weight is 1110 g/mol. The molecule has 2 rings (SSSR count). The van der Waals surface area contributed by atoms with Crippen molar-refractivity contribution in [2.45, 2.75) is 31.7 Å². The van der Waals surface area contributed by atoms with E-state index >= 15 is 0 Å². The molecule has 1 aliphatic heterocycles. The second-order valence-corrected chi connectivity index (χ2v) is 16.3. The number of hydrogen-bond acceptors (Lipinski definition) is 22. The van der Waals surface area contributed by atoms with Crippen molar-refractivity contribution in [2.75, 3.05) is 225 Å². The molecule has 1 heterocycles. The van der Waals surface area contributed by atoms with Crippen LogP contribution in [0, 0.1) is 0 Å². The lowest BCUT2D eigenvalue weighted by molar-refractivity contribution is -0.139. The van der Waals surface area contributed by atoms with Crippen molar-refractivity contribution in [3.05, 3.63) is 42.0 Å². The SMILES string of the molecule is COCCOCCOCCOCCOCCOCCOCCOCCOCCOCCOCCOCCCC(=O)C(Cc1ccc(OCC(=O)O)cc1)NC(=O)CCOCCOCCOCCOCCN1C(=O)C=CC1=O. The fraction of sp³-hybridized carbons (Fsp3) is 0.750. The van der Waals surface area contributed by atoms with Gasteiger partial charge in [0, 0.05) is 38.7 Å². The van der Waals surface area contributed by atoms with E-state index in [0.29, 0.717) is 197 Å². The van der Waals surface area contributed by atoms with Crippen LogP contribution < -0.4 is 10.1 Å².